The van der Waals surface area contributed by atoms with Gasteiger partial charge in [-0.3, -0.25) is 0 Å². The predicted molar refractivity (Wildman–Crippen MR) is 84.5 cm³/mol. The largest absolute Gasteiger partial charge is 0.369 e. The Balaban J connectivity index is 1.85. The Morgan fingerprint density at radius 3 is 2.05 bits per heavy atom. The SMILES string of the molecule is CCC=CC[C@@H]1O[C@@H]1CC=CCCCCCCCC. The molecular formula is C18H32O. The quantitative estimate of drug-likeness (QED) is 0.246. The molecule has 1 aliphatic rings. The normalized spacial score (nSPS) is 22.6. The number of allylic oxidation sites excluding steroid dienone is 2. The maximum atomic E-state index is 5.63. The van der Waals surface area contributed by atoms with Crippen molar-refractivity contribution in [2.45, 2.75) is 90.3 Å². The second-order valence-corrected chi connectivity index (χ2v) is 5.59. The summed E-state index contributed by atoms with van der Waals surface area (Å²) in [5.41, 5.74) is 0. The maximum absolute atomic E-state index is 5.63. The van der Waals surface area contributed by atoms with Crippen molar-refractivity contribution in [3.63, 3.8) is 0 Å². The van der Waals surface area contributed by atoms with Crippen LogP contribution in [0.5, 0.6) is 0 Å². The number of hydrogen-bond donors (Lipinski definition) is 0. The van der Waals surface area contributed by atoms with Gasteiger partial charge in [0.1, 0.15) is 0 Å². The highest BCUT2D eigenvalue weighted by Gasteiger charge is 2.35. The lowest BCUT2D eigenvalue weighted by molar-refractivity contribution is 0.372. The molecule has 2 atom stereocenters. The lowest BCUT2D eigenvalue weighted by Crippen LogP contribution is -1.90. The molecule has 0 bridgehead atoms. The van der Waals surface area contributed by atoms with Gasteiger partial charge in [0, 0.05) is 0 Å². The van der Waals surface area contributed by atoms with Gasteiger partial charge >= 0.3 is 0 Å². The van der Waals surface area contributed by atoms with Gasteiger partial charge in [-0.25, -0.2) is 0 Å². The molecular weight excluding hydrogens is 232 g/mol. The van der Waals surface area contributed by atoms with E-state index in [0.717, 1.165) is 19.3 Å². The van der Waals surface area contributed by atoms with E-state index < -0.39 is 0 Å². The summed E-state index contributed by atoms with van der Waals surface area (Å²) >= 11 is 0. The van der Waals surface area contributed by atoms with E-state index in [1.54, 1.807) is 0 Å². The first-order valence-electron chi connectivity index (χ1n) is 8.34. The molecule has 0 unspecified atom stereocenters. The lowest BCUT2D eigenvalue weighted by Gasteiger charge is -1.97. The van der Waals surface area contributed by atoms with Crippen LogP contribution < -0.4 is 0 Å². The van der Waals surface area contributed by atoms with Gasteiger partial charge in [-0.2, -0.15) is 0 Å². The molecule has 1 aliphatic heterocycles. The molecule has 1 heterocycles. The molecule has 0 aromatic rings. The smallest absolute Gasteiger partial charge is 0.0879 e. The lowest BCUT2D eigenvalue weighted by atomic mass is 10.1. The second-order valence-electron chi connectivity index (χ2n) is 5.59. The molecule has 1 saturated heterocycles. The molecule has 0 N–H and O–H groups in total. The molecule has 1 fully saturated rings. The van der Waals surface area contributed by atoms with Gasteiger partial charge in [0.2, 0.25) is 0 Å². The standard InChI is InChI=1S/C18H32O/c1-3-5-7-8-9-10-11-12-14-16-18-17(19-18)15-13-6-4-2/h6,12-14,17-18H,3-5,7-11,15-16H2,1-2H3/t17-,18+/m0/s1. The molecule has 1 rings (SSSR count). The first-order chi connectivity index (χ1) is 9.38. The van der Waals surface area contributed by atoms with Crippen LogP contribution in [-0.4, -0.2) is 12.2 Å². The Morgan fingerprint density at radius 1 is 0.737 bits per heavy atom. The van der Waals surface area contributed by atoms with E-state index in [2.05, 4.69) is 38.2 Å². The third-order valence-corrected chi connectivity index (χ3v) is 3.72. The average molecular weight is 264 g/mol. The average Bonchev–Trinajstić information content (AvgIpc) is 3.16. The monoisotopic (exact) mass is 264 g/mol. The van der Waals surface area contributed by atoms with E-state index >= 15 is 0 Å². The van der Waals surface area contributed by atoms with Crippen molar-refractivity contribution in [1.29, 1.82) is 0 Å². The minimum atomic E-state index is 0.501. The van der Waals surface area contributed by atoms with Gasteiger partial charge in [-0.1, -0.05) is 70.3 Å². The minimum Gasteiger partial charge on any atom is -0.369 e. The summed E-state index contributed by atoms with van der Waals surface area (Å²) in [6.45, 7) is 4.45. The summed E-state index contributed by atoms with van der Waals surface area (Å²) in [6, 6.07) is 0. The van der Waals surface area contributed by atoms with E-state index in [1.165, 1.54) is 44.9 Å². The fourth-order valence-electron chi connectivity index (χ4n) is 2.38. The van der Waals surface area contributed by atoms with Gasteiger partial charge in [0.05, 0.1) is 12.2 Å². The van der Waals surface area contributed by atoms with Gasteiger partial charge < -0.3 is 4.74 Å². The van der Waals surface area contributed by atoms with Crippen LogP contribution in [0.15, 0.2) is 24.3 Å². The maximum Gasteiger partial charge on any atom is 0.0879 e. The van der Waals surface area contributed by atoms with Crippen LogP contribution in [0.2, 0.25) is 0 Å². The van der Waals surface area contributed by atoms with Crippen LogP contribution >= 0.6 is 0 Å². The predicted octanol–water partition coefficient (Wildman–Crippen LogP) is 5.81. The van der Waals surface area contributed by atoms with Gasteiger partial charge in [0.25, 0.3) is 0 Å². The summed E-state index contributed by atoms with van der Waals surface area (Å²) in [5.74, 6) is 0. The Kier molecular flexibility index (Phi) is 9.79. The summed E-state index contributed by atoms with van der Waals surface area (Å²) in [7, 11) is 0. The molecule has 1 nitrogen and oxygen atoms in total. The number of rotatable bonds is 12. The first-order valence-corrected chi connectivity index (χ1v) is 8.34. The zero-order chi connectivity index (χ0) is 13.8. The first kappa shape index (κ1) is 16.5. The van der Waals surface area contributed by atoms with Crippen molar-refractivity contribution in [1.82, 2.24) is 0 Å². The summed E-state index contributed by atoms with van der Waals surface area (Å²) in [5, 5.41) is 0. The highest BCUT2D eigenvalue weighted by atomic mass is 16.6. The Bertz CT molecular complexity index is 254. The fourth-order valence-corrected chi connectivity index (χ4v) is 2.38. The Morgan fingerprint density at radius 2 is 1.37 bits per heavy atom. The van der Waals surface area contributed by atoms with Crippen molar-refractivity contribution in [2.75, 3.05) is 0 Å². The van der Waals surface area contributed by atoms with Crippen molar-refractivity contribution in [3.05, 3.63) is 24.3 Å². The van der Waals surface area contributed by atoms with Crippen molar-refractivity contribution < 1.29 is 4.74 Å². The molecule has 1 heteroatoms. The van der Waals surface area contributed by atoms with Gasteiger partial charge in [-0.05, 0) is 32.1 Å². The van der Waals surface area contributed by atoms with E-state index in [1.807, 2.05) is 0 Å². The number of ether oxygens (including phenoxy) is 1. The number of epoxide rings is 1. The van der Waals surface area contributed by atoms with E-state index in [0.29, 0.717) is 12.2 Å². The van der Waals surface area contributed by atoms with Gasteiger partial charge in [-0.15, -0.1) is 0 Å². The highest BCUT2D eigenvalue weighted by Crippen LogP contribution is 2.29. The molecule has 0 aliphatic carbocycles. The van der Waals surface area contributed by atoms with Crippen molar-refractivity contribution in [2.24, 2.45) is 0 Å². The molecule has 0 radical (unpaired) electrons. The number of unbranched alkanes of at least 4 members (excludes halogenated alkanes) is 6. The van der Waals surface area contributed by atoms with E-state index in [-0.39, 0.29) is 0 Å². The van der Waals surface area contributed by atoms with E-state index in [4.69, 9.17) is 4.74 Å². The molecule has 0 saturated carbocycles. The van der Waals surface area contributed by atoms with Gasteiger partial charge in [0.15, 0.2) is 0 Å². The topological polar surface area (TPSA) is 12.5 Å². The van der Waals surface area contributed by atoms with Crippen LogP contribution in [0.3, 0.4) is 0 Å². The van der Waals surface area contributed by atoms with Crippen LogP contribution in [-0.2, 0) is 4.74 Å². The molecule has 0 spiro atoms. The second kappa shape index (κ2) is 11.3. The van der Waals surface area contributed by atoms with Crippen LogP contribution in [0.25, 0.3) is 0 Å². The zero-order valence-electron chi connectivity index (χ0n) is 12.9. The molecule has 110 valence electrons. The summed E-state index contributed by atoms with van der Waals surface area (Å²) in [6.07, 6.45) is 23.1. The van der Waals surface area contributed by atoms with Crippen molar-refractivity contribution >= 4 is 0 Å². The zero-order valence-corrected chi connectivity index (χ0v) is 12.9. The third-order valence-electron chi connectivity index (χ3n) is 3.72. The van der Waals surface area contributed by atoms with E-state index in [9.17, 15) is 0 Å². The Labute approximate surface area is 120 Å². The van der Waals surface area contributed by atoms with Crippen LogP contribution in [0.1, 0.15) is 78.1 Å². The molecule has 19 heavy (non-hydrogen) atoms. The summed E-state index contributed by atoms with van der Waals surface area (Å²) in [4.78, 5) is 0. The number of hydrogen-bond acceptors (Lipinski definition) is 1. The van der Waals surface area contributed by atoms with Crippen LogP contribution in [0.4, 0.5) is 0 Å². The van der Waals surface area contributed by atoms with Crippen molar-refractivity contribution in [3.8, 4) is 0 Å². The summed E-state index contributed by atoms with van der Waals surface area (Å²) < 4.78 is 5.63. The van der Waals surface area contributed by atoms with Crippen LogP contribution in [0, 0.1) is 0 Å². The Hall–Kier alpha value is -0.560. The molecule has 0 aromatic heterocycles. The molecule has 0 aromatic carbocycles. The fraction of sp³-hybridized carbons (Fsp3) is 0.778. The third kappa shape index (κ3) is 9.04. The molecule has 0 amide bonds. The minimum absolute atomic E-state index is 0.501. The highest BCUT2D eigenvalue weighted by molar-refractivity contribution is 4.97.